The van der Waals surface area contributed by atoms with E-state index in [0.29, 0.717) is 6.01 Å². The van der Waals surface area contributed by atoms with E-state index in [0.717, 1.165) is 11.1 Å². The van der Waals surface area contributed by atoms with Crippen molar-refractivity contribution >= 4 is 0 Å². The van der Waals surface area contributed by atoms with Gasteiger partial charge in [-0.25, -0.2) is 9.97 Å². The van der Waals surface area contributed by atoms with Gasteiger partial charge in [0.25, 0.3) is 0 Å². The third-order valence-corrected chi connectivity index (χ3v) is 1.92. The van der Waals surface area contributed by atoms with Crippen LogP contribution in [0.15, 0.2) is 42.7 Å². The van der Waals surface area contributed by atoms with Gasteiger partial charge in [-0.3, -0.25) is 0 Å². The highest BCUT2D eigenvalue weighted by molar-refractivity contribution is 5.61. The average Bonchev–Trinajstić information content (AvgIpc) is 2.30. The molecule has 1 heterocycles. The number of methoxy groups -OCH3 is 1. The van der Waals surface area contributed by atoms with Crippen LogP contribution >= 0.6 is 0 Å². The molecule has 2 rings (SSSR count). The summed E-state index contributed by atoms with van der Waals surface area (Å²) >= 11 is 0. The second-order valence-electron chi connectivity index (χ2n) is 2.82. The minimum absolute atomic E-state index is 0.393. The van der Waals surface area contributed by atoms with E-state index in [4.69, 9.17) is 4.74 Å². The summed E-state index contributed by atoms with van der Waals surface area (Å²) < 4.78 is 4.88. The van der Waals surface area contributed by atoms with E-state index in [1.54, 1.807) is 19.5 Å². The van der Waals surface area contributed by atoms with Gasteiger partial charge in [0.1, 0.15) is 0 Å². The van der Waals surface area contributed by atoms with E-state index >= 15 is 0 Å². The molecular weight excluding hydrogens is 176 g/mol. The molecule has 0 saturated carbocycles. The first-order valence-corrected chi connectivity index (χ1v) is 4.31. The molecule has 70 valence electrons. The summed E-state index contributed by atoms with van der Waals surface area (Å²) in [6.45, 7) is 0. The lowest BCUT2D eigenvalue weighted by atomic mass is 10.1. The van der Waals surface area contributed by atoms with Crippen LogP contribution in [0.2, 0.25) is 0 Å². The lowest BCUT2D eigenvalue weighted by Crippen LogP contribution is -1.91. The molecule has 0 aliphatic heterocycles. The quantitative estimate of drug-likeness (QED) is 0.720. The minimum atomic E-state index is 0.393. The van der Waals surface area contributed by atoms with Gasteiger partial charge in [0, 0.05) is 18.0 Å². The number of hydrogen-bond acceptors (Lipinski definition) is 3. The predicted molar refractivity (Wildman–Crippen MR) is 54.0 cm³/mol. The zero-order chi connectivity index (χ0) is 9.80. The van der Waals surface area contributed by atoms with Crippen molar-refractivity contribution in [2.75, 3.05) is 7.11 Å². The lowest BCUT2D eigenvalue weighted by Gasteiger charge is -2.00. The molecule has 0 spiro atoms. The van der Waals surface area contributed by atoms with Crippen molar-refractivity contribution in [3.63, 3.8) is 0 Å². The Morgan fingerprint density at radius 1 is 0.929 bits per heavy atom. The van der Waals surface area contributed by atoms with Crippen molar-refractivity contribution in [2.24, 2.45) is 0 Å². The molecule has 0 aliphatic rings. The van der Waals surface area contributed by atoms with Gasteiger partial charge in [-0.2, -0.15) is 0 Å². The van der Waals surface area contributed by atoms with E-state index in [-0.39, 0.29) is 0 Å². The Balaban J connectivity index is 2.34. The number of aromatic nitrogens is 2. The molecule has 0 radical (unpaired) electrons. The predicted octanol–water partition coefficient (Wildman–Crippen LogP) is 2.15. The van der Waals surface area contributed by atoms with Gasteiger partial charge in [-0.15, -0.1) is 0 Å². The summed E-state index contributed by atoms with van der Waals surface area (Å²) in [5.74, 6) is 0. The molecule has 0 atom stereocenters. The monoisotopic (exact) mass is 186 g/mol. The standard InChI is InChI=1S/C11H10N2O/c1-14-11-12-7-10(8-13-11)9-5-3-2-4-6-9/h2-8H,1H3. The van der Waals surface area contributed by atoms with Crippen LogP contribution < -0.4 is 4.74 Å². The molecular formula is C11H10N2O. The normalized spacial score (nSPS) is 9.79. The van der Waals surface area contributed by atoms with Crippen LogP contribution in [0.4, 0.5) is 0 Å². The smallest absolute Gasteiger partial charge is 0.316 e. The van der Waals surface area contributed by atoms with Crippen molar-refractivity contribution < 1.29 is 4.74 Å². The van der Waals surface area contributed by atoms with Crippen molar-refractivity contribution in [2.45, 2.75) is 0 Å². The van der Waals surface area contributed by atoms with E-state index in [1.165, 1.54) is 0 Å². The highest BCUT2D eigenvalue weighted by Crippen LogP contribution is 2.17. The SMILES string of the molecule is COc1ncc(-c2ccccc2)cn1. The number of nitrogens with zero attached hydrogens (tertiary/aromatic N) is 2. The molecule has 0 saturated heterocycles. The zero-order valence-corrected chi connectivity index (χ0v) is 7.84. The Hall–Kier alpha value is -1.90. The second-order valence-corrected chi connectivity index (χ2v) is 2.82. The molecule has 1 aromatic carbocycles. The maximum atomic E-state index is 4.88. The molecule has 0 N–H and O–H groups in total. The van der Waals surface area contributed by atoms with Crippen LogP contribution in [0.25, 0.3) is 11.1 Å². The molecule has 0 fully saturated rings. The fourth-order valence-electron chi connectivity index (χ4n) is 1.20. The van der Waals surface area contributed by atoms with E-state index < -0.39 is 0 Å². The van der Waals surface area contributed by atoms with Gasteiger partial charge in [0.05, 0.1) is 7.11 Å². The molecule has 0 bridgehead atoms. The van der Waals surface area contributed by atoms with Crippen molar-refractivity contribution in [1.82, 2.24) is 9.97 Å². The average molecular weight is 186 g/mol. The van der Waals surface area contributed by atoms with Crippen LogP contribution in [-0.2, 0) is 0 Å². The first-order chi connectivity index (χ1) is 6.90. The van der Waals surface area contributed by atoms with Crippen LogP contribution in [0.1, 0.15) is 0 Å². The van der Waals surface area contributed by atoms with Crippen LogP contribution in [0.5, 0.6) is 6.01 Å². The minimum Gasteiger partial charge on any atom is -0.467 e. The Labute approximate surface area is 82.4 Å². The summed E-state index contributed by atoms with van der Waals surface area (Å²) in [5.41, 5.74) is 2.10. The fourth-order valence-corrected chi connectivity index (χ4v) is 1.20. The van der Waals surface area contributed by atoms with Gasteiger partial charge in [-0.05, 0) is 5.56 Å². The molecule has 0 amide bonds. The summed E-state index contributed by atoms with van der Waals surface area (Å²) in [6.07, 6.45) is 3.50. The topological polar surface area (TPSA) is 35.0 Å². The van der Waals surface area contributed by atoms with Gasteiger partial charge in [0.2, 0.25) is 0 Å². The maximum absolute atomic E-state index is 4.88. The Bertz CT molecular complexity index is 397. The molecule has 14 heavy (non-hydrogen) atoms. The molecule has 0 aliphatic carbocycles. The summed E-state index contributed by atoms with van der Waals surface area (Å²) in [5, 5.41) is 0. The van der Waals surface area contributed by atoms with Crippen molar-refractivity contribution in [3.05, 3.63) is 42.7 Å². The van der Waals surface area contributed by atoms with Crippen LogP contribution in [-0.4, -0.2) is 17.1 Å². The van der Waals surface area contributed by atoms with Crippen LogP contribution in [0, 0.1) is 0 Å². The second kappa shape index (κ2) is 3.87. The molecule has 0 unspecified atom stereocenters. The summed E-state index contributed by atoms with van der Waals surface area (Å²) in [6, 6.07) is 10.4. The van der Waals surface area contributed by atoms with Crippen molar-refractivity contribution in [3.8, 4) is 17.1 Å². The number of hydrogen-bond donors (Lipinski definition) is 0. The zero-order valence-electron chi connectivity index (χ0n) is 7.84. The number of ether oxygens (including phenoxy) is 1. The van der Waals surface area contributed by atoms with E-state index in [2.05, 4.69) is 9.97 Å². The molecule has 1 aromatic heterocycles. The van der Waals surface area contributed by atoms with Crippen molar-refractivity contribution in [1.29, 1.82) is 0 Å². The third-order valence-electron chi connectivity index (χ3n) is 1.92. The first-order valence-electron chi connectivity index (χ1n) is 4.31. The summed E-state index contributed by atoms with van der Waals surface area (Å²) in [4.78, 5) is 8.08. The van der Waals surface area contributed by atoms with Crippen LogP contribution in [0.3, 0.4) is 0 Å². The maximum Gasteiger partial charge on any atom is 0.316 e. The van der Waals surface area contributed by atoms with E-state index in [1.807, 2.05) is 30.3 Å². The van der Waals surface area contributed by atoms with Gasteiger partial charge >= 0.3 is 6.01 Å². The van der Waals surface area contributed by atoms with Gasteiger partial charge in [0.15, 0.2) is 0 Å². The number of benzene rings is 1. The Morgan fingerprint density at radius 3 is 2.14 bits per heavy atom. The molecule has 3 heteroatoms. The lowest BCUT2D eigenvalue weighted by molar-refractivity contribution is 0.380. The highest BCUT2D eigenvalue weighted by Gasteiger charge is 1.98. The first kappa shape index (κ1) is 8.69. The Morgan fingerprint density at radius 2 is 1.57 bits per heavy atom. The third kappa shape index (κ3) is 1.71. The fraction of sp³-hybridized carbons (Fsp3) is 0.0909. The van der Waals surface area contributed by atoms with E-state index in [9.17, 15) is 0 Å². The Kier molecular flexibility index (Phi) is 2.40. The molecule has 2 aromatic rings. The van der Waals surface area contributed by atoms with Gasteiger partial charge in [-0.1, -0.05) is 30.3 Å². The molecule has 3 nitrogen and oxygen atoms in total. The highest BCUT2D eigenvalue weighted by atomic mass is 16.5. The number of rotatable bonds is 2. The largest absolute Gasteiger partial charge is 0.467 e. The summed E-state index contributed by atoms with van der Waals surface area (Å²) in [7, 11) is 1.55. The van der Waals surface area contributed by atoms with Gasteiger partial charge < -0.3 is 4.74 Å².